The number of amides is 3. The van der Waals surface area contributed by atoms with E-state index < -0.39 is 28.2 Å². The molecular formula is C26H26N4O6. The zero-order valence-corrected chi connectivity index (χ0v) is 20.2. The zero-order chi connectivity index (χ0) is 25.5. The number of nitro benzene ring substituents is 1. The topological polar surface area (TPSA) is 122 Å². The molecule has 0 aromatic heterocycles. The van der Waals surface area contributed by atoms with Crippen molar-refractivity contribution in [2.45, 2.75) is 44.7 Å². The van der Waals surface area contributed by atoms with Crippen LogP contribution in [0.5, 0.6) is 5.75 Å². The highest BCUT2D eigenvalue weighted by Crippen LogP contribution is 2.61. The van der Waals surface area contributed by atoms with Crippen molar-refractivity contribution in [3.8, 4) is 5.75 Å². The number of nitro groups is 1. The maximum Gasteiger partial charge on any atom is 0.311 e. The fourth-order valence-corrected chi connectivity index (χ4v) is 6.92. The molecule has 10 heteroatoms. The van der Waals surface area contributed by atoms with Gasteiger partial charge in [-0.3, -0.25) is 29.4 Å². The SMILES string of the molecule is CCc1ccc2c(c1)[C@]1(C(=O)N2)[C@@H]2C(=O)N(c3cc(OC)c([N+](=O)[O-])cc3C)C(=O)[C@@H]2[C@H]2CCCN21. The Balaban J connectivity index is 1.54. The third-order valence-corrected chi connectivity index (χ3v) is 8.40. The maximum absolute atomic E-state index is 14.2. The van der Waals surface area contributed by atoms with E-state index in [2.05, 4.69) is 10.2 Å². The van der Waals surface area contributed by atoms with E-state index in [1.807, 2.05) is 25.1 Å². The summed E-state index contributed by atoms with van der Waals surface area (Å²) in [6, 6.07) is 8.28. The van der Waals surface area contributed by atoms with Crippen LogP contribution in [-0.2, 0) is 26.3 Å². The molecule has 4 aliphatic rings. The lowest BCUT2D eigenvalue weighted by molar-refractivity contribution is -0.385. The molecule has 4 aliphatic heterocycles. The summed E-state index contributed by atoms with van der Waals surface area (Å²) in [5.74, 6) is -2.70. The second-order valence-corrected chi connectivity index (χ2v) is 9.94. The molecule has 186 valence electrons. The molecule has 3 fully saturated rings. The monoisotopic (exact) mass is 490 g/mol. The minimum atomic E-state index is -1.26. The average Bonchev–Trinajstić information content (AvgIpc) is 3.57. The number of hydrogen-bond acceptors (Lipinski definition) is 7. The lowest BCUT2D eigenvalue weighted by atomic mass is 9.75. The van der Waals surface area contributed by atoms with Crippen LogP contribution in [0.15, 0.2) is 30.3 Å². The second-order valence-electron chi connectivity index (χ2n) is 9.94. The lowest BCUT2D eigenvalue weighted by Gasteiger charge is -2.37. The molecule has 3 saturated heterocycles. The first kappa shape index (κ1) is 22.7. The number of aryl methyl sites for hydroxylation is 2. The second kappa shape index (κ2) is 7.60. The largest absolute Gasteiger partial charge is 0.490 e. The van der Waals surface area contributed by atoms with Crippen molar-refractivity contribution < 1.29 is 24.0 Å². The van der Waals surface area contributed by atoms with Crippen molar-refractivity contribution in [2.24, 2.45) is 11.8 Å². The van der Waals surface area contributed by atoms with Gasteiger partial charge in [-0.25, -0.2) is 4.90 Å². The number of rotatable bonds is 4. The van der Waals surface area contributed by atoms with Gasteiger partial charge in [-0.05, 0) is 49.9 Å². The van der Waals surface area contributed by atoms with Crippen LogP contribution in [-0.4, -0.2) is 47.2 Å². The van der Waals surface area contributed by atoms with E-state index in [4.69, 9.17) is 4.74 Å². The molecule has 1 spiro atoms. The van der Waals surface area contributed by atoms with Crippen molar-refractivity contribution in [1.82, 2.24) is 4.90 Å². The van der Waals surface area contributed by atoms with Crippen molar-refractivity contribution in [2.75, 3.05) is 23.9 Å². The molecule has 0 aliphatic carbocycles. The van der Waals surface area contributed by atoms with Gasteiger partial charge in [-0.2, -0.15) is 0 Å². The average molecular weight is 491 g/mol. The van der Waals surface area contributed by atoms with Gasteiger partial charge in [0.1, 0.15) is 5.54 Å². The summed E-state index contributed by atoms with van der Waals surface area (Å²) in [5.41, 5.74) is 1.64. The number of benzene rings is 2. The summed E-state index contributed by atoms with van der Waals surface area (Å²) in [6.45, 7) is 4.29. The van der Waals surface area contributed by atoms with E-state index >= 15 is 0 Å². The molecule has 1 N–H and O–H groups in total. The number of methoxy groups -OCH3 is 1. The summed E-state index contributed by atoms with van der Waals surface area (Å²) < 4.78 is 5.21. The first-order valence-corrected chi connectivity index (χ1v) is 12.2. The van der Waals surface area contributed by atoms with Gasteiger partial charge in [0.05, 0.1) is 29.6 Å². The molecule has 0 saturated carbocycles. The molecular weight excluding hydrogens is 464 g/mol. The molecule has 4 heterocycles. The third kappa shape index (κ3) is 2.62. The Morgan fingerprint density at radius 3 is 2.67 bits per heavy atom. The molecule has 2 aromatic carbocycles. The van der Waals surface area contributed by atoms with E-state index in [1.165, 1.54) is 19.2 Å². The molecule has 0 radical (unpaired) electrons. The third-order valence-electron chi connectivity index (χ3n) is 8.40. The number of carbonyl (C=O) groups excluding carboxylic acids is 3. The first-order chi connectivity index (χ1) is 17.2. The van der Waals surface area contributed by atoms with E-state index in [0.29, 0.717) is 24.2 Å². The Labute approximate surface area is 207 Å². The van der Waals surface area contributed by atoms with E-state index in [0.717, 1.165) is 28.9 Å². The van der Waals surface area contributed by atoms with E-state index in [-0.39, 0.29) is 35.0 Å². The molecule has 0 unspecified atom stereocenters. The Morgan fingerprint density at radius 1 is 1.19 bits per heavy atom. The van der Waals surface area contributed by atoms with E-state index in [1.54, 1.807) is 6.92 Å². The summed E-state index contributed by atoms with van der Waals surface area (Å²) >= 11 is 0. The summed E-state index contributed by atoms with van der Waals surface area (Å²) in [6.07, 6.45) is 2.32. The molecule has 6 rings (SSSR count). The lowest BCUT2D eigenvalue weighted by Crippen LogP contribution is -2.54. The summed E-state index contributed by atoms with van der Waals surface area (Å²) in [5, 5.41) is 14.5. The van der Waals surface area contributed by atoms with Crippen LogP contribution >= 0.6 is 0 Å². The number of nitrogens with one attached hydrogen (secondary N) is 1. The Kier molecular flexibility index (Phi) is 4.79. The molecule has 3 amide bonds. The highest BCUT2D eigenvalue weighted by Gasteiger charge is 2.74. The van der Waals surface area contributed by atoms with Gasteiger partial charge in [0, 0.05) is 29.4 Å². The van der Waals surface area contributed by atoms with Crippen LogP contribution in [0.1, 0.15) is 36.5 Å². The minimum Gasteiger partial charge on any atom is -0.490 e. The number of hydrogen-bond donors (Lipinski definition) is 1. The standard InChI is InChI=1S/C26H26N4O6/c1-4-14-7-8-16-15(11-14)26(25(33)27-16)22-21(17-6-5-9-28(17)26)23(31)29(24(22)32)18-12-20(36-3)19(30(34)35)10-13(18)2/h7-8,10-12,17,21-22H,4-6,9H2,1-3H3,(H,27,33)/t17-,21-,22+,26-/m1/s1. The van der Waals surface area contributed by atoms with Gasteiger partial charge in [0.2, 0.25) is 17.7 Å². The number of ether oxygens (including phenoxy) is 1. The van der Waals surface area contributed by atoms with E-state index in [9.17, 15) is 24.5 Å². The summed E-state index contributed by atoms with van der Waals surface area (Å²) in [7, 11) is 1.31. The van der Waals surface area contributed by atoms with Gasteiger partial charge < -0.3 is 10.1 Å². The summed E-state index contributed by atoms with van der Waals surface area (Å²) in [4.78, 5) is 56.1. The van der Waals surface area contributed by atoms with Crippen molar-refractivity contribution >= 4 is 34.8 Å². The predicted molar refractivity (Wildman–Crippen MR) is 130 cm³/mol. The van der Waals surface area contributed by atoms with Gasteiger partial charge in [0.15, 0.2) is 5.75 Å². The van der Waals surface area contributed by atoms with Gasteiger partial charge in [0.25, 0.3) is 0 Å². The first-order valence-electron chi connectivity index (χ1n) is 12.2. The Hall–Kier alpha value is -3.79. The van der Waals surface area contributed by atoms with Crippen LogP contribution < -0.4 is 15.0 Å². The Morgan fingerprint density at radius 2 is 1.97 bits per heavy atom. The highest BCUT2D eigenvalue weighted by atomic mass is 16.6. The fraction of sp³-hybridized carbons (Fsp3) is 0.423. The predicted octanol–water partition coefficient (Wildman–Crippen LogP) is 2.91. The normalized spacial score (nSPS) is 28.5. The number of imide groups is 1. The number of carbonyl (C=O) groups is 3. The number of anilines is 2. The maximum atomic E-state index is 14.2. The van der Waals surface area contributed by atoms with Crippen LogP contribution in [0.3, 0.4) is 0 Å². The van der Waals surface area contributed by atoms with Gasteiger partial charge in [-0.15, -0.1) is 0 Å². The molecule has 36 heavy (non-hydrogen) atoms. The fourth-order valence-electron chi connectivity index (χ4n) is 6.92. The van der Waals surface area contributed by atoms with Crippen LogP contribution in [0, 0.1) is 28.9 Å². The number of nitrogens with zero attached hydrogens (tertiary/aromatic N) is 3. The van der Waals surface area contributed by atoms with Crippen LogP contribution in [0.2, 0.25) is 0 Å². The zero-order valence-electron chi connectivity index (χ0n) is 20.2. The van der Waals surface area contributed by atoms with Crippen molar-refractivity contribution in [3.63, 3.8) is 0 Å². The Bertz CT molecular complexity index is 1370. The molecule has 2 aromatic rings. The highest BCUT2D eigenvalue weighted by molar-refractivity contribution is 6.26. The van der Waals surface area contributed by atoms with Crippen LogP contribution in [0.4, 0.5) is 17.1 Å². The smallest absolute Gasteiger partial charge is 0.311 e. The molecule has 4 atom stereocenters. The number of fused-ring (bicyclic) bond motifs is 7. The molecule has 0 bridgehead atoms. The van der Waals surface area contributed by atoms with Crippen molar-refractivity contribution in [1.29, 1.82) is 0 Å². The van der Waals surface area contributed by atoms with Gasteiger partial charge in [-0.1, -0.05) is 19.1 Å². The van der Waals surface area contributed by atoms with Gasteiger partial charge >= 0.3 is 5.69 Å². The quantitative estimate of drug-likeness (QED) is 0.397. The minimum absolute atomic E-state index is 0.0352. The van der Waals surface area contributed by atoms with Crippen molar-refractivity contribution in [3.05, 3.63) is 57.1 Å². The van der Waals surface area contributed by atoms with Crippen LogP contribution in [0.25, 0.3) is 0 Å². The molecule has 10 nitrogen and oxygen atoms in total.